The van der Waals surface area contributed by atoms with Crippen molar-refractivity contribution >= 4 is 17.7 Å². The molecule has 0 fully saturated rings. The van der Waals surface area contributed by atoms with E-state index in [1.807, 2.05) is 0 Å². The van der Waals surface area contributed by atoms with Crippen molar-refractivity contribution in [2.75, 3.05) is 11.5 Å². The SMILES string of the molecule is CCOC(=O)N(C(=O)C(F)F)c1ccccc1. The van der Waals surface area contributed by atoms with Gasteiger partial charge >= 0.3 is 18.4 Å². The first-order valence-electron chi connectivity index (χ1n) is 4.91. The predicted molar refractivity (Wildman–Crippen MR) is 57.0 cm³/mol. The molecule has 92 valence electrons. The molecule has 0 bridgehead atoms. The number of benzene rings is 1. The van der Waals surface area contributed by atoms with Gasteiger partial charge in [0.2, 0.25) is 0 Å². The molecule has 0 atom stereocenters. The van der Waals surface area contributed by atoms with E-state index in [1.165, 1.54) is 31.2 Å². The molecule has 0 aromatic heterocycles. The van der Waals surface area contributed by atoms with E-state index in [-0.39, 0.29) is 12.3 Å². The van der Waals surface area contributed by atoms with Gasteiger partial charge in [-0.05, 0) is 19.1 Å². The summed E-state index contributed by atoms with van der Waals surface area (Å²) in [7, 11) is 0. The van der Waals surface area contributed by atoms with Crippen molar-refractivity contribution in [2.24, 2.45) is 0 Å². The quantitative estimate of drug-likeness (QED) is 0.819. The number of imide groups is 1. The van der Waals surface area contributed by atoms with Crippen LogP contribution in [0.4, 0.5) is 19.3 Å². The van der Waals surface area contributed by atoms with Gasteiger partial charge in [0.15, 0.2) is 0 Å². The molecule has 0 saturated carbocycles. The Hall–Kier alpha value is -1.98. The molecule has 0 radical (unpaired) electrons. The molecule has 0 N–H and O–H groups in total. The van der Waals surface area contributed by atoms with Crippen LogP contribution in [-0.4, -0.2) is 25.0 Å². The third-order valence-electron chi connectivity index (χ3n) is 1.87. The number of hydrogen-bond donors (Lipinski definition) is 0. The zero-order valence-corrected chi connectivity index (χ0v) is 9.10. The van der Waals surface area contributed by atoms with Crippen molar-refractivity contribution in [3.05, 3.63) is 30.3 Å². The van der Waals surface area contributed by atoms with Crippen molar-refractivity contribution in [3.8, 4) is 0 Å². The zero-order valence-electron chi connectivity index (χ0n) is 9.10. The second-order valence-electron chi connectivity index (χ2n) is 3.01. The van der Waals surface area contributed by atoms with Crippen molar-refractivity contribution in [3.63, 3.8) is 0 Å². The predicted octanol–water partition coefficient (Wildman–Crippen LogP) is 2.44. The lowest BCUT2D eigenvalue weighted by molar-refractivity contribution is -0.128. The Morgan fingerprint density at radius 3 is 2.35 bits per heavy atom. The fourth-order valence-electron chi connectivity index (χ4n) is 1.19. The number of ether oxygens (including phenoxy) is 1. The van der Waals surface area contributed by atoms with Crippen LogP contribution in [0.1, 0.15) is 6.92 Å². The second kappa shape index (κ2) is 5.93. The number of hydrogen-bond acceptors (Lipinski definition) is 3. The topological polar surface area (TPSA) is 46.6 Å². The highest BCUT2D eigenvalue weighted by atomic mass is 19.3. The van der Waals surface area contributed by atoms with Gasteiger partial charge in [0.25, 0.3) is 0 Å². The average molecular weight is 243 g/mol. The highest BCUT2D eigenvalue weighted by Gasteiger charge is 2.31. The van der Waals surface area contributed by atoms with Crippen LogP contribution in [0, 0.1) is 0 Å². The molecule has 17 heavy (non-hydrogen) atoms. The maximum Gasteiger partial charge on any atom is 0.421 e. The highest BCUT2D eigenvalue weighted by Crippen LogP contribution is 2.17. The first-order chi connectivity index (χ1) is 8.07. The van der Waals surface area contributed by atoms with Crippen molar-refractivity contribution < 1.29 is 23.1 Å². The standard InChI is InChI=1S/C11H11F2NO3/c1-2-17-11(16)14(10(15)9(12)13)8-6-4-3-5-7-8/h3-7,9H,2H2,1H3. The molecule has 1 aromatic rings. The van der Waals surface area contributed by atoms with Gasteiger partial charge in [-0.15, -0.1) is 0 Å². The molecule has 2 amide bonds. The van der Waals surface area contributed by atoms with E-state index >= 15 is 0 Å². The molecule has 0 unspecified atom stereocenters. The van der Waals surface area contributed by atoms with Crippen LogP contribution in [0.3, 0.4) is 0 Å². The summed E-state index contributed by atoms with van der Waals surface area (Å²) < 4.78 is 29.3. The summed E-state index contributed by atoms with van der Waals surface area (Å²) in [5.41, 5.74) is 0.0521. The molecular weight excluding hydrogens is 232 g/mol. The fourth-order valence-corrected chi connectivity index (χ4v) is 1.19. The summed E-state index contributed by atoms with van der Waals surface area (Å²) in [5.74, 6) is -1.60. The Bertz CT molecular complexity index is 395. The molecule has 6 heteroatoms. The molecule has 0 aliphatic rings. The monoisotopic (exact) mass is 243 g/mol. The van der Waals surface area contributed by atoms with Gasteiger partial charge in [-0.1, -0.05) is 18.2 Å². The molecule has 1 rings (SSSR count). The number of rotatable bonds is 3. The first-order valence-corrected chi connectivity index (χ1v) is 4.91. The lowest BCUT2D eigenvalue weighted by Crippen LogP contribution is -2.41. The third kappa shape index (κ3) is 3.24. The fraction of sp³-hybridized carbons (Fsp3) is 0.273. The number of alkyl halides is 2. The van der Waals surface area contributed by atoms with Crippen molar-refractivity contribution in [1.29, 1.82) is 0 Å². The van der Waals surface area contributed by atoms with E-state index < -0.39 is 18.4 Å². The highest BCUT2D eigenvalue weighted by molar-refractivity contribution is 6.13. The second-order valence-corrected chi connectivity index (χ2v) is 3.01. The smallest absolute Gasteiger partial charge is 0.421 e. The third-order valence-corrected chi connectivity index (χ3v) is 1.87. The van der Waals surface area contributed by atoms with Gasteiger partial charge < -0.3 is 4.74 Å². The number of nitrogens with zero attached hydrogens (tertiary/aromatic N) is 1. The molecule has 0 heterocycles. The normalized spacial score (nSPS) is 10.1. The molecule has 0 aliphatic carbocycles. The van der Waals surface area contributed by atoms with E-state index in [1.54, 1.807) is 6.07 Å². The van der Waals surface area contributed by atoms with E-state index in [0.29, 0.717) is 4.90 Å². The maximum atomic E-state index is 12.4. The molecule has 1 aromatic carbocycles. The maximum absolute atomic E-state index is 12.4. The van der Waals surface area contributed by atoms with Crippen molar-refractivity contribution in [1.82, 2.24) is 0 Å². The van der Waals surface area contributed by atoms with Gasteiger partial charge in [0, 0.05) is 0 Å². The van der Waals surface area contributed by atoms with Crippen LogP contribution < -0.4 is 4.90 Å². The molecule has 4 nitrogen and oxygen atoms in total. The Morgan fingerprint density at radius 1 is 1.29 bits per heavy atom. The molecule has 0 aliphatic heterocycles. The number of anilines is 1. The summed E-state index contributed by atoms with van der Waals surface area (Å²) in [4.78, 5) is 23.0. The lowest BCUT2D eigenvalue weighted by atomic mass is 10.3. The summed E-state index contributed by atoms with van der Waals surface area (Å²) in [6.45, 7) is 1.52. The minimum Gasteiger partial charge on any atom is -0.449 e. The van der Waals surface area contributed by atoms with E-state index in [4.69, 9.17) is 0 Å². The summed E-state index contributed by atoms with van der Waals surface area (Å²) >= 11 is 0. The summed E-state index contributed by atoms with van der Waals surface area (Å²) in [5, 5.41) is 0. The largest absolute Gasteiger partial charge is 0.449 e. The van der Waals surface area contributed by atoms with Gasteiger partial charge in [-0.3, -0.25) is 4.79 Å². The zero-order chi connectivity index (χ0) is 12.8. The molecule has 0 spiro atoms. The van der Waals surface area contributed by atoms with Gasteiger partial charge in [0.1, 0.15) is 0 Å². The average Bonchev–Trinajstić information content (AvgIpc) is 2.31. The van der Waals surface area contributed by atoms with Crippen LogP contribution in [0.5, 0.6) is 0 Å². The number of halogens is 2. The van der Waals surface area contributed by atoms with E-state index in [2.05, 4.69) is 4.74 Å². The minimum absolute atomic E-state index is 0.00130. The molecule has 0 saturated heterocycles. The van der Waals surface area contributed by atoms with Crippen LogP contribution in [0.15, 0.2) is 30.3 Å². The Morgan fingerprint density at radius 2 is 1.88 bits per heavy atom. The number of amides is 2. The first kappa shape index (κ1) is 13.1. The van der Waals surface area contributed by atoms with Crippen LogP contribution in [-0.2, 0) is 9.53 Å². The van der Waals surface area contributed by atoms with Gasteiger partial charge in [-0.25, -0.2) is 9.69 Å². The van der Waals surface area contributed by atoms with E-state index in [9.17, 15) is 18.4 Å². The number of carbonyl (C=O) groups is 2. The number of carbonyl (C=O) groups excluding carboxylic acids is 2. The minimum atomic E-state index is -3.26. The van der Waals surface area contributed by atoms with Gasteiger partial charge in [-0.2, -0.15) is 8.78 Å². The molecular formula is C11H11F2NO3. The van der Waals surface area contributed by atoms with E-state index in [0.717, 1.165) is 0 Å². The van der Waals surface area contributed by atoms with Crippen LogP contribution in [0.2, 0.25) is 0 Å². The van der Waals surface area contributed by atoms with Crippen molar-refractivity contribution in [2.45, 2.75) is 13.3 Å². The Kier molecular flexibility index (Phi) is 4.56. The summed E-state index contributed by atoms with van der Waals surface area (Å²) in [6, 6.07) is 7.44. The van der Waals surface area contributed by atoms with Gasteiger partial charge in [0.05, 0.1) is 12.3 Å². The Balaban J connectivity index is 3.03. The summed E-state index contributed by atoms with van der Waals surface area (Å²) in [6.07, 6.45) is -4.37. The van der Waals surface area contributed by atoms with Crippen LogP contribution in [0.25, 0.3) is 0 Å². The lowest BCUT2D eigenvalue weighted by Gasteiger charge is -2.19. The number of para-hydroxylation sites is 1. The Labute approximate surface area is 96.8 Å². The van der Waals surface area contributed by atoms with Crippen LogP contribution >= 0.6 is 0 Å².